The molecule has 1 aromatic heterocycles. The second-order valence-electron chi connectivity index (χ2n) is 9.61. The fraction of sp³-hybridized carbons (Fsp3) is 0.680. The van der Waals surface area contributed by atoms with Crippen LogP contribution in [0.2, 0.25) is 0 Å². The summed E-state index contributed by atoms with van der Waals surface area (Å²) < 4.78 is 30.1. The van der Waals surface area contributed by atoms with Crippen LogP contribution in [0.15, 0.2) is 23.1 Å². The van der Waals surface area contributed by atoms with Crippen LogP contribution in [0.5, 0.6) is 0 Å². The number of imidazole rings is 1. The molecule has 1 atom stereocenters. The van der Waals surface area contributed by atoms with Gasteiger partial charge in [-0.05, 0) is 63.8 Å². The number of nitrogens with one attached hydrogen (secondary N) is 1. The first-order chi connectivity index (χ1) is 16.4. The molecule has 8 nitrogen and oxygen atoms in total. The maximum Gasteiger partial charge on any atom is 0.243 e. The Bertz CT molecular complexity index is 1090. The molecule has 1 aromatic carbocycles. The monoisotopic (exact) mass is 489 g/mol. The lowest BCUT2D eigenvalue weighted by molar-refractivity contribution is -0.126. The Morgan fingerprint density at radius 1 is 1.12 bits per heavy atom. The molecule has 0 radical (unpaired) electrons. The molecule has 0 saturated carbocycles. The third-order valence-electron chi connectivity index (χ3n) is 7.14. The van der Waals surface area contributed by atoms with Crippen molar-refractivity contribution in [3.05, 3.63) is 24.0 Å². The summed E-state index contributed by atoms with van der Waals surface area (Å²) in [5, 5.41) is 3.08. The van der Waals surface area contributed by atoms with Crippen LogP contribution in [-0.2, 0) is 27.9 Å². The van der Waals surface area contributed by atoms with Gasteiger partial charge in [0, 0.05) is 32.7 Å². The summed E-state index contributed by atoms with van der Waals surface area (Å²) in [6.45, 7) is 9.26. The Morgan fingerprint density at radius 3 is 2.65 bits per heavy atom. The first kappa shape index (κ1) is 25.1. The highest BCUT2D eigenvalue weighted by atomic mass is 32.2. The Labute approximate surface area is 203 Å². The minimum Gasteiger partial charge on any atom is -0.356 e. The van der Waals surface area contributed by atoms with Gasteiger partial charge in [0.25, 0.3) is 0 Å². The zero-order valence-electron chi connectivity index (χ0n) is 20.6. The smallest absolute Gasteiger partial charge is 0.243 e. The largest absolute Gasteiger partial charge is 0.356 e. The molecule has 2 aliphatic heterocycles. The molecule has 3 heterocycles. The molecular weight excluding hydrogens is 450 g/mol. The van der Waals surface area contributed by atoms with Crippen LogP contribution in [0.4, 0.5) is 0 Å². The van der Waals surface area contributed by atoms with Crippen molar-refractivity contribution in [1.82, 2.24) is 24.1 Å². The number of aryl methyl sites for hydroxylation is 1. The van der Waals surface area contributed by atoms with E-state index in [0.717, 1.165) is 88.0 Å². The molecule has 1 unspecified atom stereocenters. The lowest BCUT2D eigenvalue weighted by Crippen LogP contribution is -2.43. The van der Waals surface area contributed by atoms with E-state index in [4.69, 9.17) is 4.98 Å². The third kappa shape index (κ3) is 5.47. The van der Waals surface area contributed by atoms with E-state index in [1.807, 2.05) is 6.07 Å². The van der Waals surface area contributed by atoms with Gasteiger partial charge in [-0.15, -0.1) is 0 Å². The molecule has 2 fully saturated rings. The Hall–Kier alpha value is -1.97. The van der Waals surface area contributed by atoms with Crippen molar-refractivity contribution in [3.8, 4) is 0 Å². The summed E-state index contributed by atoms with van der Waals surface area (Å²) in [6, 6.07) is 5.35. The van der Waals surface area contributed by atoms with E-state index in [-0.39, 0.29) is 11.8 Å². The Balaban J connectivity index is 1.51. The molecule has 0 aliphatic carbocycles. The van der Waals surface area contributed by atoms with Crippen LogP contribution in [0.3, 0.4) is 0 Å². The number of rotatable bonds is 9. The van der Waals surface area contributed by atoms with Gasteiger partial charge in [-0.3, -0.25) is 9.69 Å². The van der Waals surface area contributed by atoms with E-state index in [1.54, 1.807) is 16.4 Å². The van der Waals surface area contributed by atoms with Gasteiger partial charge in [0.1, 0.15) is 5.82 Å². The number of carbonyl (C=O) groups is 1. The van der Waals surface area contributed by atoms with Gasteiger partial charge in [0.05, 0.1) is 28.4 Å². The summed E-state index contributed by atoms with van der Waals surface area (Å²) in [4.78, 5) is 20.1. The fourth-order valence-corrected chi connectivity index (χ4v) is 6.73. The lowest BCUT2D eigenvalue weighted by atomic mass is 9.97. The molecule has 2 aromatic rings. The van der Waals surface area contributed by atoms with Gasteiger partial charge in [-0.2, -0.15) is 4.31 Å². The predicted molar refractivity (Wildman–Crippen MR) is 134 cm³/mol. The second kappa shape index (κ2) is 11.2. The van der Waals surface area contributed by atoms with E-state index in [9.17, 15) is 13.2 Å². The lowest BCUT2D eigenvalue weighted by Gasteiger charge is -2.31. The first-order valence-electron chi connectivity index (χ1n) is 12.9. The quantitative estimate of drug-likeness (QED) is 0.546. The maximum atomic E-state index is 13.1. The highest BCUT2D eigenvalue weighted by Crippen LogP contribution is 2.26. The molecule has 188 valence electrons. The molecular formula is C25H39N5O3S. The van der Waals surface area contributed by atoms with Crippen molar-refractivity contribution in [3.63, 3.8) is 0 Å². The standard InChI is InChI=1S/C25H39N5O3S/c1-3-5-13-26-25(31)20-10-9-14-28(18-20)19-24-27-22-17-21(11-12-23(22)30(24)4-2)34(32,33)29-15-7-6-8-16-29/h11-12,17,20H,3-10,13-16,18-19H2,1-2H3,(H,26,31). The first-order valence-corrected chi connectivity index (χ1v) is 14.4. The zero-order valence-corrected chi connectivity index (χ0v) is 21.4. The molecule has 9 heteroatoms. The van der Waals surface area contributed by atoms with Crippen LogP contribution < -0.4 is 5.32 Å². The zero-order chi connectivity index (χ0) is 24.1. The summed E-state index contributed by atoms with van der Waals surface area (Å²) in [7, 11) is -3.49. The van der Waals surface area contributed by atoms with Crippen LogP contribution in [0, 0.1) is 5.92 Å². The third-order valence-corrected chi connectivity index (χ3v) is 9.03. The number of piperidine rings is 2. The van der Waals surface area contributed by atoms with Crippen molar-refractivity contribution in [1.29, 1.82) is 0 Å². The molecule has 34 heavy (non-hydrogen) atoms. The van der Waals surface area contributed by atoms with Crippen LogP contribution in [0.1, 0.15) is 64.6 Å². The van der Waals surface area contributed by atoms with Crippen molar-refractivity contribution in [2.75, 3.05) is 32.7 Å². The van der Waals surface area contributed by atoms with Gasteiger partial charge < -0.3 is 9.88 Å². The van der Waals surface area contributed by atoms with E-state index in [2.05, 4.69) is 28.6 Å². The van der Waals surface area contributed by atoms with Crippen molar-refractivity contribution >= 4 is 27.0 Å². The molecule has 1 N–H and O–H groups in total. The number of sulfonamides is 1. The average molecular weight is 490 g/mol. The van der Waals surface area contributed by atoms with Crippen LogP contribution in [0.25, 0.3) is 11.0 Å². The maximum absolute atomic E-state index is 13.1. The van der Waals surface area contributed by atoms with Gasteiger partial charge in [-0.1, -0.05) is 19.8 Å². The number of fused-ring (bicyclic) bond motifs is 1. The van der Waals surface area contributed by atoms with Crippen molar-refractivity contribution < 1.29 is 13.2 Å². The second-order valence-corrected chi connectivity index (χ2v) is 11.5. The SMILES string of the molecule is CCCCNC(=O)C1CCCN(Cc2nc3cc(S(=O)(=O)N4CCCCC4)ccc3n2CC)C1. The number of nitrogens with zero attached hydrogens (tertiary/aromatic N) is 4. The minimum atomic E-state index is -3.49. The average Bonchev–Trinajstić information content (AvgIpc) is 3.20. The number of aromatic nitrogens is 2. The highest BCUT2D eigenvalue weighted by molar-refractivity contribution is 7.89. The number of carbonyl (C=O) groups excluding carboxylic acids is 1. The number of benzene rings is 1. The number of hydrogen-bond acceptors (Lipinski definition) is 5. The van der Waals surface area contributed by atoms with Gasteiger partial charge in [-0.25, -0.2) is 13.4 Å². The van der Waals surface area contributed by atoms with Gasteiger partial charge in [0.15, 0.2) is 0 Å². The van der Waals surface area contributed by atoms with E-state index >= 15 is 0 Å². The minimum absolute atomic E-state index is 0.0198. The fourth-order valence-electron chi connectivity index (χ4n) is 5.19. The normalized spacial score (nSPS) is 20.6. The van der Waals surface area contributed by atoms with Crippen LogP contribution >= 0.6 is 0 Å². The van der Waals surface area contributed by atoms with Gasteiger partial charge in [0.2, 0.25) is 15.9 Å². The molecule has 1 amide bonds. The summed E-state index contributed by atoms with van der Waals surface area (Å²) >= 11 is 0. The number of hydrogen-bond donors (Lipinski definition) is 1. The van der Waals surface area contributed by atoms with E-state index < -0.39 is 10.0 Å². The molecule has 4 rings (SSSR count). The molecule has 2 aliphatic rings. The summed E-state index contributed by atoms with van der Waals surface area (Å²) in [6.07, 6.45) is 6.94. The van der Waals surface area contributed by atoms with Crippen molar-refractivity contribution in [2.45, 2.75) is 76.8 Å². The number of unbranched alkanes of at least 4 members (excludes halogenated alkanes) is 1. The number of likely N-dealkylation sites (tertiary alicyclic amines) is 1. The predicted octanol–water partition coefficient (Wildman–Crippen LogP) is 3.36. The summed E-state index contributed by atoms with van der Waals surface area (Å²) in [5.74, 6) is 1.11. The van der Waals surface area contributed by atoms with E-state index in [0.29, 0.717) is 24.5 Å². The topological polar surface area (TPSA) is 87.5 Å². The molecule has 0 spiro atoms. The van der Waals surface area contributed by atoms with Gasteiger partial charge >= 0.3 is 0 Å². The highest BCUT2D eigenvalue weighted by Gasteiger charge is 2.28. The summed E-state index contributed by atoms with van der Waals surface area (Å²) in [5.41, 5.74) is 1.68. The Morgan fingerprint density at radius 2 is 1.91 bits per heavy atom. The van der Waals surface area contributed by atoms with E-state index in [1.165, 1.54) is 0 Å². The molecule has 2 saturated heterocycles. The van der Waals surface area contributed by atoms with Crippen LogP contribution in [-0.4, -0.2) is 65.8 Å². The number of amides is 1. The molecule has 0 bridgehead atoms. The Kier molecular flexibility index (Phi) is 8.26. The van der Waals surface area contributed by atoms with Crippen molar-refractivity contribution in [2.24, 2.45) is 5.92 Å².